The van der Waals surface area contributed by atoms with Crippen molar-refractivity contribution < 1.29 is 14.7 Å². The van der Waals surface area contributed by atoms with Crippen LogP contribution in [0.25, 0.3) is 0 Å². The molecule has 6 nitrogen and oxygen atoms in total. The second-order valence-electron chi connectivity index (χ2n) is 4.21. The van der Waals surface area contributed by atoms with E-state index in [1.54, 1.807) is 12.4 Å². The number of aryl methyl sites for hydroxylation is 1. The number of rotatable bonds is 5. The van der Waals surface area contributed by atoms with Crippen LogP contribution in [0.4, 0.5) is 5.13 Å². The molecule has 20 heavy (non-hydrogen) atoms. The first-order chi connectivity index (χ1) is 9.49. The number of Topliss-reactive ketones (excluding diaryl/α,β-unsaturated/α-hetero) is 1. The summed E-state index contributed by atoms with van der Waals surface area (Å²) in [6.45, 7) is 3.77. The van der Waals surface area contributed by atoms with Crippen LogP contribution < -0.4 is 5.32 Å². The summed E-state index contributed by atoms with van der Waals surface area (Å²) in [7, 11) is 0. The minimum Gasteiger partial charge on any atom is -0.476 e. The molecule has 0 amide bonds. The van der Waals surface area contributed by atoms with Gasteiger partial charge in [0.25, 0.3) is 0 Å². The van der Waals surface area contributed by atoms with Gasteiger partial charge in [0.05, 0.1) is 0 Å². The number of carboxylic acids is 1. The predicted octanol–water partition coefficient (Wildman–Crippen LogP) is 2.36. The third-order valence-electron chi connectivity index (χ3n) is 2.73. The second-order valence-corrected chi connectivity index (χ2v) is 5.21. The fourth-order valence-electron chi connectivity index (χ4n) is 1.63. The number of pyridine rings is 1. The highest BCUT2D eigenvalue weighted by molar-refractivity contribution is 7.17. The van der Waals surface area contributed by atoms with Crippen LogP contribution in [-0.4, -0.2) is 26.8 Å². The van der Waals surface area contributed by atoms with E-state index in [-0.39, 0.29) is 16.4 Å². The number of aromatic nitrogens is 2. The number of nitrogens with one attached hydrogen (secondary N) is 1. The van der Waals surface area contributed by atoms with Gasteiger partial charge < -0.3 is 10.4 Å². The zero-order valence-electron chi connectivity index (χ0n) is 11.0. The molecule has 0 radical (unpaired) electrons. The van der Waals surface area contributed by atoms with Crippen molar-refractivity contribution in [1.29, 1.82) is 0 Å². The van der Waals surface area contributed by atoms with Gasteiger partial charge in [0.15, 0.2) is 16.6 Å². The number of anilines is 1. The molecule has 0 fully saturated rings. The summed E-state index contributed by atoms with van der Waals surface area (Å²) in [5, 5.41) is 12.4. The molecule has 0 saturated carbocycles. The summed E-state index contributed by atoms with van der Waals surface area (Å²) in [6.07, 6.45) is 3.44. The van der Waals surface area contributed by atoms with Gasteiger partial charge in [-0.25, -0.2) is 9.78 Å². The highest BCUT2D eigenvalue weighted by atomic mass is 32.1. The minimum atomic E-state index is -1.20. The maximum atomic E-state index is 11.4. The van der Waals surface area contributed by atoms with Crippen LogP contribution in [0.5, 0.6) is 0 Å². The van der Waals surface area contributed by atoms with Gasteiger partial charge in [-0.2, -0.15) is 0 Å². The van der Waals surface area contributed by atoms with Crippen LogP contribution in [0, 0.1) is 6.92 Å². The molecule has 0 unspecified atom stereocenters. The standard InChI is InChI=1S/C13H13N3O3S/c1-7-3-4-14-5-9(7)6-15-13-16-10(12(18)19)11(20-13)8(2)17/h3-5H,6H2,1-2H3,(H,15,16)(H,18,19). The first kappa shape index (κ1) is 14.1. The van der Waals surface area contributed by atoms with E-state index in [0.717, 1.165) is 22.5 Å². The number of carboxylic acid groups (broad SMARTS) is 1. The number of nitrogens with zero attached hydrogens (tertiary/aromatic N) is 2. The molecular weight excluding hydrogens is 278 g/mol. The lowest BCUT2D eigenvalue weighted by Gasteiger charge is -2.05. The van der Waals surface area contributed by atoms with Gasteiger partial charge in [-0.1, -0.05) is 11.3 Å². The third-order valence-corrected chi connectivity index (χ3v) is 3.84. The average molecular weight is 291 g/mol. The van der Waals surface area contributed by atoms with Crippen LogP contribution in [-0.2, 0) is 6.54 Å². The van der Waals surface area contributed by atoms with Gasteiger partial charge in [-0.15, -0.1) is 0 Å². The number of thiazole rings is 1. The summed E-state index contributed by atoms with van der Waals surface area (Å²) < 4.78 is 0. The molecule has 0 spiro atoms. The van der Waals surface area contributed by atoms with Crippen LogP contribution in [0.15, 0.2) is 18.5 Å². The number of ketones is 1. The van der Waals surface area contributed by atoms with Crippen molar-refractivity contribution in [2.45, 2.75) is 20.4 Å². The predicted molar refractivity (Wildman–Crippen MR) is 75.4 cm³/mol. The van der Waals surface area contributed by atoms with Gasteiger partial charge in [0, 0.05) is 25.9 Å². The molecule has 2 N–H and O–H groups in total. The van der Waals surface area contributed by atoms with Gasteiger partial charge in [0.2, 0.25) is 0 Å². The Morgan fingerprint density at radius 3 is 2.75 bits per heavy atom. The van der Waals surface area contributed by atoms with Crippen molar-refractivity contribution in [1.82, 2.24) is 9.97 Å². The van der Waals surface area contributed by atoms with E-state index < -0.39 is 5.97 Å². The lowest BCUT2D eigenvalue weighted by atomic mass is 10.2. The first-order valence-electron chi connectivity index (χ1n) is 5.87. The summed E-state index contributed by atoms with van der Waals surface area (Å²) in [5.41, 5.74) is 1.87. The molecule has 2 rings (SSSR count). The zero-order valence-corrected chi connectivity index (χ0v) is 11.8. The zero-order chi connectivity index (χ0) is 14.7. The van der Waals surface area contributed by atoms with E-state index in [0.29, 0.717) is 11.7 Å². The van der Waals surface area contributed by atoms with Crippen molar-refractivity contribution >= 4 is 28.2 Å². The Morgan fingerprint density at radius 2 is 2.20 bits per heavy atom. The van der Waals surface area contributed by atoms with E-state index in [1.807, 2.05) is 13.0 Å². The van der Waals surface area contributed by atoms with Crippen LogP contribution in [0.2, 0.25) is 0 Å². The van der Waals surface area contributed by atoms with E-state index in [9.17, 15) is 9.59 Å². The Hall–Kier alpha value is -2.28. The molecule has 2 aromatic heterocycles. The number of aromatic carboxylic acids is 1. The average Bonchev–Trinajstić information content (AvgIpc) is 2.82. The molecule has 0 saturated heterocycles. The molecule has 104 valence electrons. The molecule has 2 heterocycles. The van der Waals surface area contributed by atoms with Gasteiger partial charge in [0.1, 0.15) is 4.88 Å². The van der Waals surface area contributed by atoms with Gasteiger partial charge >= 0.3 is 5.97 Å². The molecule has 0 atom stereocenters. The Kier molecular flexibility index (Phi) is 4.09. The SMILES string of the molecule is CC(=O)c1sc(NCc2cnccc2C)nc1C(=O)O. The summed E-state index contributed by atoms with van der Waals surface area (Å²) in [4.78, 5) is 30.5. The smallest absolute Gasteiger partial charge is 0.356 e. The Bertz CT molecular complexity index is 635. The summed E-state index contributed by atoms with van der Waals surface area (Å²) in [5.74, 6) is -1.50. The quantitative estimate of drug-likeness (QED) is 0.822. The molecule has 0 aliphatic rings. The van der Waals surface area contributed by atoms with Crippen molar-refractivity contribution in [3.63, 3.8) is 0 Å². The topological polar surface area (TPSA) is 92.2 Å². The normalized spacial score (nSPS) is 10.3. The van der Waals surface area contributed by atoms with Crippen molar-refractivity contribution in [3.05, 3.63) is 40.2 Å². The maximum absolute atomic E-state index is 11.4. The first-order valence-corrected chi connectivity index (χ1v) is 6.69. The molecule has 0 aliphatic carbocycles. The maximum Gasteiger partial charge on any atom is 0.356 e. The van der Waals surface area contributed by atoms with Crippen molar-refractivity contribution in [2.75, 3.05) is 5.32 Å². The highest BCUT2D eigenvalue weighted by Crippen LogP contribution is 2.24. The van der Waals surface area contributed by atoms with Gasteiger partial charge in [-0.3, -0.25) is 9.78 Å². The van der Waals surface area contributed by atoms with E-state index >= 15 is 0 Å². The number of carbonyl (C=O) groups excluding carboxylic acids is 1. The van der Waals surface area contributed by atoms with Crippen LogP contribution in [0.3, 0.4) is 0 Å². The van der Waals surface area contributed by atoms with Crippen LogP contribution >= 0.6 is 11.3 Å². The number of hydrogen-bond acceptors (Lipinski definition) is 6. The Balaban J connectivity index is 2.19. The molecule has 0 aromatic carbocycles. The summed E-state index contributed by atoms with van der Waals surface area (Å²) in [6, 6.07) is 1.89. The lowest BCUT2D eigenvalue weighted by Crippen LogP contribution is -2.04. The number of hydrogen-bond donors (Lipinski definition) is 2. The molecule has 0 aliphatic heterocycles. The Morgan fingerprint density at radius 1 is 1.45 bits per heavy atom. The minimum absolute atomic E-state index is 0.155. The van der Waals surface area contributed by atoms with E-state index in [1.165, 1.54) is 6.92 Å². The van der Waals surface area contributed by atoms with Crippen molar-refractivity contribution in [3.8, 4) is 0 Å². The molecular formula is C13H13N3O3S. The fourth-order valence-corrected chi connectivity index (χ4v) is 2.48. The largest absolute Gasteiger partial charge is 0.476 e. The molecule has 0 bridgehead atoms. The second kappa shape index (κ2) is 5.79. The Labute approximate surface area is 119 Å². The molecule has 7 heteroatoms. The van der Waals surface area contributed by atoms with Crippen LogP contribution in [0.1, 0.15) is 38.2 Å². The fraction of sp³-hybridized carbons (Fsp3) is 0.231. The summed E-state index contributed by atoms with van der Waals surface area (Å²) >= 11 is 1.05. The third kappa shape index (κ3) is 3.00. The van der Waals surface area contributed by atoms with Gasteiger partial charge in [-0.05, 0) is 24.1 Å². The van der Waals surface area contributed by atoms with E-state index in [2.05, 4.69) is 15.3 Å². The van der Waals surface area contributed by atoms with Crippen molar-refractivity contribution in [2.24, 2.45) is 0 Å². The van der Waals surface area contributed by atoms with E-state index in [4.69, 9.17) is 5.11 Å². The molecule has 2 aromatic rings. The highest BCUT2D eigenvalue weighted by Gasteiger charge is 2.20. The number of carbonyl (C=O) groups is 2. The lowest BCUT2D eigenvalue weighted by molar-refractivity contribution is 0.0687. The monoisotopic (exact) mass is 291 g/mol.